The number of benzene rings is 2. The number of fused-ring (bicyclic) bond motifs is 1. The van der Waals surface area contributed by atoms with Gasteiger partial charge in [-0.3, -0.25) is 0 Å². The maximum absolute atomic E-state index is 13.4. The Hall–Kier alpha value is -3.87. The molecule has 7 heteroatoms. The highest BCUT2D eigenvalue weighted by molar-refractivity contribution is 5.68. The van der Waals surface area contributed by atoms with Crippen molar-refractivity contribution >= 4 is 11.7 Å². The van der Waals surface area contributed by atoms with Crippen LogP contribution in [0.1, 0.15) is 16.7 Å². The molecule has 0 unspecified atom stereocenters. The first-order valence-electron chi connectivity index (χ1n) is 9.91. The molecular formula is C25H19F3N2O2. The zero-order chi connectivity index (χ0) is 22.9. The Labute approximate surface area is 182 Å². The third kappa shape index (κ3) is 4.01. The predicted octanol–water partition coefficient (Wildman–Crippen LogP) is 4.37. The van der Waals surface area contributed by atoms with Gasteiger partial charge in [-0.05, 0) is 48.4 Å². The van der Waals surface area contributed by atoms with Crippen LogP contribution in [0.25, 0.3) is 22.9 Å². The molecule has 4 rings (SSSR count). The molecule has 0 saturated heterocycles. The fourth-order valence-corrected chi connectivity index (χ4v) is 3.68. The molecule has 4 nitrogen and oxygen atoms in total. The molecule has 0 saturated carbocycles. The van der Waals surface area contributed by atoms with Crippen LogP contribution in [0.3, 0.4) is 0 Å². The van der Waals surface area contributed by atoms with Gasteiger partial charge in [-0.1, -0.05) is 48.5 Å². The molecule has 162 valence electrons. The third-order valence-corrected chi connectivity index (χ3v) is 5.19. The fourth-order valence-electron chi connectivity index (χ4n) is 3.68. The average molecular weight is 436 g/mol. The predicted molar refractivity (Wildman–Crippen MR) is 114 cm³/mol. The van der Waals surface area contributed by atoms with Crippen LogP contribution in [0.5, 0.6) is 5.88 Å². The van der Waals surface area contributed by atoms with Crippen molar-refractivity contribution in [3.8, 4) is 17.0 Å². The number of aromatic nitrogens is 2. The van der Waals surface area contributed by atoms with Crippen molar-refractivity contribution in [2.24, 2.45) is 0 Å². The fraction of sp³-hybridized carbons (Fsp3) is 0.120. The van der Waals surface area contributed by atoms with Crippen LogP contribution < -0.4 is 15.2 Å². The van der Waals surface area contributed by atoms with Crippen LogP contribution in [0.4, 0.5) is 13.2 Å². The van der Waals surface area contributed by atoms with Crippen LogP contribution in [-0.4, -0.2) is 4.40 Å². The third-order valence-electron chi connectivity index (χ3n) is 5.19. The quantitative estimate of drug-likeness (QED) is 0.446. The van der Waals surface area contributed by atoms with E-state index in [4.69, 9.17) is 0 Å². The van der Waals surface area contributed by atoms with Crippen LogP contribution in [0, 0.1) is 6.92 Å². The van der Waals surface area contributed by atoms with E-state index in [9.17, 15) is 23.1 Å². The first kappa shape index (κ1) is 21.4. The maximum Gasteiger partial charge on any atom is 0.416 e. The Morgan fingerprint density at radius 1 is 1.03 bits per heavy atom. The van der Waals surface area contributed by atoms with Crippen molar-refractivity contribution in [3.05, 3.63) is 106 Å². The molecule has 0 bridgehead atoms. The molecule has 0 spiro atoms. The number of hydrogen-bond donors (Lipinski definition) is 0. The first-order chi connectivity index (χ1) is 15.3. The lowest BCUT2D eigenvalue weighted by atomic mass is 10.0. The van der Waals surface area contributed by atoms with Gasteiger partial charge in [0.05, 0.1) is 17.6 Å². The maximum atomic E-state index is 13.4. The van der Waals surface area contributed by atoms with Crippen molar-refractivity contribution < 1.29 is 22.8 Å². The molecule has 0 atom stereocenters. The minimum Gasteiger partial charge on any atom is -0.842 e. The van der Waals surface area contributed by atoms with Crippen LogP contribution in [0.15, 0.2) is 83.8 Å². The largest absolute Gasteiger partial charge is 0.842 e. The van der Waals surface area contributed by atoms with Gasteiger partial charge in [-0.15, -0.1) is 0 Å². The molecule has 4 aromatic rings. The standard InChI is InChI=1S/C25H19F3N2O2/c1-17-8-6-14-29-22(17)30(15-7-11-18-9-3-2-4-10-18)24(32)21(23(29)31)19-12-5-13-20(16-19)25(26,27)28/h2-14,16H,15H2,1H3. The molecule has 0 amide bonds. The summed E-state index contributed by atoms with van der Waals surface area (Å²) in [6, 6.07) is 17.2. The highest BCUT2D eigenvalue weighted by atomic mass is 19.4. The van der Waals surface area contributed by atoms with Crippen LogP contribution in [-0.2, 0) is 12.7 Å². The molecule has 0 aliphatic rings. The van der Waals surface area contributed by atoms with Crippen molar-refractivity contribution in [3.63, 3.8) is 0 Å². The highest BCUT2D eigenvalue weighted by Gasteiger charge is 2.31. The second kappa shape index (κ2) is 8.34. The Morgan fingerprint density at radius 3 is 2.50 bits per heavy atom. The zero-order valence-corrected chi connectivity index (χ0v) is 17.1. The van der Waals surface area contributed by atoms with E-state index in [0.29, 0.717) is 11.2 Å². The van der Waals surface area contributed by atoms with E-state index in [1.807, 2.05) is 36.4 Å². The van der Waals surface area contributed by atoms with E-state index in [2.05, 4.69) is 0 Å². The SMILES string of the molecule is Cc1cccn2c(=O)c(-c3cccc(C(F)(F)F)c3)c([O-])[n+](CC=Cc3ccccc3)c12. The number of halogens is 3. The summed E-state index contributed by atoms with van der Waals surface area (Å²) >= 11 is 0. The molecule has 2 aromatic carbocycles. The lowest BCUT2D eigenvalue weighted by molar-refractivity contribution is -0.707. The van der Waals surface area contributed by atoms with Crippen molar-refractivity contribution in [2.45, 2.75) is 19.6 Å². The minimum atomic E-state index is -4.59. The summed E-state index contributed by atoms with van der Waals surface area (Å²) in [6.45, 7) is 1.92. The lowest BCUT2D eigenvalue weighted by Crippen LogP contribution is -2.44. The van der Waals surface area contributed by atoms with Gasteiger partial charge in [-0.2, -0.15) is 17.6 Å². The number of rotatable bonds is 4. The van der Waals surface area contributed by atoms with Gasteiger partial charge >= 0.3 is 11.7 Å². The van der Waals surface area contributed by atoms with Crippen LogP contribution >= 0.6 is 0 Å². The van der Waals surface area contributed by atoms with Gasteiger partial charge in [0, 0.05) is 5.56 Å². The van der Waals surface area contributed by atoms with E-state index in [0.717, 1.165) is 17.7 Å². The van der Waals surface area contributed by atoms with Gasteiger partial charge in [0.1, 0.15) is 12.1 Å². The number of nitrogens with zero attached hydrogens (tertiary/aromatic N) is 2. The first-order valence-corrected chi connectivity index (χ1v) is 9.91. The highest BCUT2D eigenvalue weighted by Crippen LogP contribution is 2.32. The lowest BCUT2D eigenvalue weighted by Gasteiger charge is -2.17. The summed E-state index contributed by atoms with van der Waals surface area (Å²) in [6.07, 6.45) is 0.551. The molecule has 0 aliphatic carbocycles. The van der Waals surface area contributed by atoms with Gasteiger partial charge < -0.3 is 5.11 Å². The molecule has 2 heterocycles. The molecule has 0 N–H and O–H groups in total. The topological polar surface area (TPSA) is 48.4 Å². The normalized spacial score (nSPS) is 12.0. The van der Waals surface area contributed by atoms with E-state index < -0.39 is 23.2 Å². The number of pyridine rings is 1. The monoisotopic (exact) mass is 436 g/mol. The zero-order valence-electron chi connectivity index (χ0n) is 17.1. The summed E-state index contributed by atoms with van der Waals surface area (Å²) in [5.74, 6) is -0.638. The van der Waals surface area contributed by atoms with E-state index in [-0.39, 0.29) is 17.7 Å². The van der Waals surface area contributed by atoms with Crippen LogP contribution in [0.2, 0.25) is 0 Å². The van der Waals surface area contributed by atoms with Crippen molar-refractivity contribution in [1.82, 2.24) is 4.40 Å². The number of aryl methyl sites for hydroxylation is 1. The van der Waals surface area contributed by atoms with Gasteiger partial charge in [0.2, 0.25) is 0 Å². The molecule has 2 aromatic heterocycles. The van der Waals surface area contributed by atoms with Gasteiger partial charge in [-0.25, -0.2) is 9.36 Å². The van der Waals surface area contributed by atoms with E-state index in [1.165, 1.54) is 27.3 Å². The minimum absolute atomic E-state index is 0.0634. The van der Waals surface area contributed by atoms with Crippen molar-refractivity contribution in [2.75, 3.05) is 0 Å². The second-order valence-electron chi connectivity index (χ2n) is 7.37. The summed E-state index contributed by atoms with van der Waals surface area (Å²) < 4.78 is 42.4. The Balaban J connectivity index is 1.92. The molecule has 0 aliphatic heterocycles. The molecule has 0 radical (unpaired) electrons. The summed E-state index contributed by atoms with van der Waals surface area (Å²) in [7, 11) is 0. The van der Waals surface area contributed by atoms with Gasteiger partial charge in [0.15, 0.2) is 0 Å². The van der Waals surface area contributed by atoms with Crippen molar-refractivity contribution in [1.29, 1.82) is 0 Å². The number of allylic oxidation sites excluding steroid dienone is 1. The number of hydrogen-bond acceptors (Lipinski definition) is 2. The molecule has 32 heavy (non-hydrogen) atoms. The second-order valence-corrected chi connectivity index (χ2v) is 7.37. The van der Waals surface area contributed by atoms with E-state index >= 15 is 0 Å². The Morgan fingerprint density at radius 2 is 1.78 bits per heavy atom. The summed E-state index contributed by atoms with van der Waals surface area (Å²) in [5, 5.41) is 13.4. The average Bonchev–Trinajstić information content (AvgIpc) is 2.77. The Kier molecular flexibility index (Phi) is 5.57. The van der Waals surface area contributed by atoms with Gasteiger partial charge in [0.25, 0.3) is 5.65 Å². The van der Waals surface area contributed by atoms with E-state index in [1.54, 1.807) is 25.1 Å². The molecule has 0 fully saturated rings. The smallest absolute Gasteiger partial charge is 0.416 e. The Bertz CT molecular complexity index is 1370. The number of alkyl halides is 3. The summed E-state index contributed by atoms with van der Waals surface area (Å²) in [4.78, 5) is 13.2. The molecular weight excluding hydrogens is 417 g/mol. The summed E-state index contributed by atoms with van der Waals surface area (Å²) in [5.41, 5.74) is 0.0999.